The van der Waals surface area contributed by atoms with Gasteiger partial charge in [-0.2, -0.15) is 0 Å². The number of carbonyl (C=O) groups is 1. The number of aliphatic hydroxyl groups is 1. The second-order valence-electron chi connectivity index (χ2n) is 7.64. The van der Waals surface area contributed by atoms with Crippen LogP contribution >= 0.6 is 11.6 Å². The summed E-state index contributed by atoms with van der Waals surface area (Å²) < 4.78 is 0. The Morgan fingerprint density at radius 1 is 1.35 bits per heavy atom. The Bertz CT molecular complexity index is 1060. The molecule has 5 N–H and O–H groups in total. The van der Waals surface area contributed by atoms with Crippen LogP contribution in [0.5, 0.6) is 5.75 Å². The average Bonchev–Trinajstić information content (AvgIpc) is 2.73. The highest BCUT2D eigenvalue weighted by molar-refractivity contribution is 6.30. The van der Waals surface area contributed by atoms with Crippen molar-refractivity contribution in [1.82, 2.24) is 10.3 Å². The second-order valence-corrected chi connectivity index (χ2v) is 8.08. The first-order chi connectivity index (χ1) is 14.6. The van der Waals surface area contributed by atoms with Crippen LogP contribution in [0.3, 0.4) is 0 Å². The van der Waals surface area contributed by atoms with Crippen molar-refractivity contribution in [3.63, 3.8) is 0 Å². The maximum Gasteiger partial charge on any atom is 0.273 e. The molecule has 0 radical (unpaired) electrons. The average molecular weight is 443 g/mol. The Kier molecular flexibility index (Phi) is 7.83. The summed E-state index contributed by atoms with van der Waals surface area (Å²) in [7, 11) is 0. The number of aromatic nitrogens is 1. The molecular weight excluding hydrogens is 416 g/mol. The summed E-state index contributed by atoms with van der Waals surface area (Å²) in [5.74, 6) is -0.684. The van der Waals surface area contributed by atoms with Crippen molar-refractivity contribution in [3.05, 3.63) is 70.3 Å². The van der Waals surface area contributed by atoms with Gasteiger partial charge < -0.3 is 21.3 Å². The fourth-order valence-electron chi connectivity index (χ4n) is 2.77. The fraction of sp³-hybridized carbons (Fsp3) is 0.261. The van der Waals surface area contributed by atoms with Gasteiger partial charge >= 0.3 is 0 Å². The molecule has 0 aliphatic rings. The predicted octanol–water partition coefficient (Wildman–Crippen LogP) is 4.67. The van der Waals surface area contributed by atoms with Crippen molar-refractivity contribution in [2.75, 3.05) is 6.54 Å². The number of benzene rings is 1. The number of hydrogen-bond donors (Lipinski definition) is 4. The molecule has 0 aliphatic heterocycles. The topological polar surface area (TPSA) is 121 Å². The number of pyridine rings is 1. The van der Waals surface area contributed by atoms with Crippen molar-refractivity contribution < 1.29 is 15.0 Å². The second kappa shape index (κ2) is 10.1. The van der Waals surface area contributed by atoms with Gasteiger partial charge in [0.05, 0.1) is 11.4 Å². The highest BCUT2D eigenvalue weighted by Crippen LogP contribution is 2.25. The number of hydrogen-bond acceptors (Lipinski definition) is 6. The van der Waals surface area contributed by atoms with Gasteiger partial charge in [-0.3, -0.25) is 9.79 Å². The Morgan fingerprint density at radius 2 is 2.06 bits per heavy atom. The Morgan fingerprint density at radius 3 is 2.65 bits per heavy atom. The number of aromatic hydroxyl groups is 1. The van der Waals surface area contributed by atoms with Gasteiger partial charge in [-0.25, -0.2) is 4.98 Å². The molecule has 7 nitrogen and oxygen atoms in total. The van der Waals surface area contributed by atoms with Crippen LogP contribution in [0.15, 0.2) is 53.5 Å². The van der Waals surface area contributed by atoms with E-state index in [1.54, 1.807) is 51.3 Å². The molecule has 0 atom stereocenters. The summed E-state index contributed by atoms with van der Waals surface area (Å²) in [5.41, 5.74) is 7.60. The van der Waals surface area contributed by atoms with E-state index in [-0.39, 0.29) is 23.7 Å². The fourth-order valence-corrected chi connectivity index (χ4v) is 3.00. The number of nitrogens with two attached hydrogens (primary N) is 1. The predicted molar refractivity (Wildman–Crippen MR) is 125 cm³/mol. The minimum Gasteiger partial charge on any atom is -0.512 e. The lowest BCUT2D eigenvalue weighted by Crippen LogP contribution is -2.35. The van der Waals surface area contributed by atoms with Crippen molar-refractivity contribution in [2.45, 2.75) is 27.7 Å². The number of carbonyl (C=O) groups excluding carboxylic acids is 1. The molecule has 0 aliphatic carbocycles. The van der Waals surface area contributed by atoms with Crippen molar-refractivity contribution >= 4 is 35.0 Å². The van der Waals surface area contributed by atoms with E-state index in [9.17, 15) is 15.0 Å². The molecule has 2 aromatic rings. The minimum absolute atomic E-state index is 0.124. The molecule has 31 heavy (non-hydrogen) atoms. The first kappa shape index (κ1) is 24.0. The SMILES string of the molecule is C/C=C(/O)C(C)(C)CNC(=O)c1ncc(/C(C=Nc2ccc(Cl)cc2C)=C/N)cc1O. The standard InChI is InChI=1S/C23H27ClN4O3/c1-5-20(30)23(3,4)13-28-22(31)21-19(29)9-15(11-27-21)16(10-25)12-26-18-7-6-17(24)8-14(18)2/h5-12,29-30H,13,25H2,1-4H3,(H,28,31)/b16-10+,20-5+,26-12?. The van der Waals surface area contributed by atoms with Gasteiger partial charge in [0.15, 0.2) is 5.69 Å². The zero-order chi connectivity index (χ0) is 23.2. The van der Waals surface area contributed by atoms with Crippen LogP contribution in [0.4, 0.5) is 5.69 Å². The van der Waals surface area contributed by atoms with Gasteiger partial charge in [-0.05, 0) is 49.8 Å². The number of amides is 1. The maximum atomic E-state index is 12.4. The number of rotatable bonds is 7. The van der Waals surface area contributed by atoms with Crippen molar-refractivity contribution in [2.24, 2.45) is 16.1 Å². The molecule has 0 fully saturated rings. The summed E-state index contributed by atoms with van der Waals surface area (Å²) in [6.07, 6.45) is 5.90. The van der Waals surface area contributed by atoms with E-state index in [1.807, 2.05) is 6.92 Å². The van der Waals surface area contributed by atoms with Gasteiger partial charge in [0.2, 0.25) is 0 Å². The van der Waals surface area contributed by atoms with Gasteiger partial charge in [-0.1, -0.05) is 25.4 Å². The highest BCUT2D eigenvalue weighted by Gasteiger charge is 2.24. The van der Waals surface area contributed by atoms with Crippen LogP contribution < -0.4 is 11.1 Å². The molecule has 1 amide bonds. The third-order valence-electron chi connectivity index (χ3n) is 4.75. The molecule has 2 rings (SSSR count). The molecule has 1 aromatic heterocycles. The highest BCUT2D eigenvalue weighted by atomic mass is 35.5. The molecular formula is C23H27ClN4O3. The van der Waals surface area contributed by atoms with Crippen molar-refractivity contribution in [3.8, 4) is 5.75 Å². The van der Waals surface area contributed by atoms with Crippen molar-refractivity contribution in [1.29, 1.82) is 0 Å². The minimum atomic E-state index is -0.647. The lowest BCUT2D eigenvalue weighted by molar-refractivity contribution is 0.0927. The molecule has 164 valence electrons. The van der Waals surface area contributed by atoms with E-state index in [0.29, 0.717) is 16.2 Å². The number of aryl methyl sites for hydroxylation is 1. The Labute approximate surface area is 187 Å². The lowest BCUT2D eigenvalue weighted by Gasteiger charge is -2.24. The van der Waals surface area contributed by atoms with Crippen LogP contribution in [0, 0.1) is 12.3 Å². The number of aliphatic hydroxyl groups excluding tert-OH is 1. The number of nitrogens with zero attached hydrogens (tertiary/aromatic N) is 2. The van der Waals surface area contributed by atoms with Crippen LogP contribution in [-0.4, -0.2) is 33.9 Å². The van der Waals surface area contributed by atoms with Crippen LogP contribution in [-0.2, 0) is 0 Å². The normalized spacial score (nSPS) is 12.9. The molecule has 0 saturated heterocycles. The Balaban J connectivity index is 2.18. The zero-order valence-corrected chi connectivity index (χ0v) is 18.7. The molecule has 1 aromatic carbocycles. The largest absolute Gasteiger partial charge is 0.512 e. The first-order valence-electron chi connectivity index (χ1n) is 9.64. The third kappa shape index (κ3) is 6.08. The molecule has 1 heterocycles. The van der Waals surface area contributed by atoms with E-state index in [2.05, 4.69) is 15.3 Å². The number of allylic oxidation sites excluding steroid dienone is 2. The molecule has 8 heteroatoms. The van der Waals surface area contributed by atoms with E-state index in [4.69, 9.17) is 17.3 Å². The summed E-state index contributed by atoms with van der Waals surface area (Å²) >= 11 is 5.96. The third-order valence-corrected chi connectivity index (χ3v) is 4.99. The first-order valence-corrected chi connectivity index (χ1v) is 10.0. The van der Waals surface area contributed by atoms with E-state index in [1.165, 1.54) is 18.5 Å². The smallest absolute Gasteiger partial charge is 0.273 e. The van der Waals surface area contributed by atoms with E-state index < -0.39 is 11.3 Å². The van der Waals surface area contributed by atoms with Gasteiger partial charge in [-0.15, -0.1) is 0 Å². The van der Waals surface area contributed by atoms with Crippen LogP contribution in [0.25, 0.3) is 5.57 Å². The summed E-state index contributed by atoms with van der Waals surface area (Å²) in [4.78, 5) is 20.9. The van der Waals surface area contributed by atoms with E-state index >= 15 is 0 Å². The van der Waals surface area contributed by atoms with E-state index in [0.717, 1.165) is 11.3 Å². The van der Waals surface area contributed by atoms with Gasteiger partial charge in [0, 0.05) is 46.7 Å². The summed E-state index contributed by atoms with van der Waals surface area (Å²) in [5, 5.41) is 23.6. The molecule has 0 unspecified atom stereocenters. The lowest BCUT2D eigenvalue weighted by atomic mass is 9.90. The quantitative estimate of drug-likeness (QED) is 0.366. The van der Waals surface area contributed by atoms with Crippen LogP contribution in [0.2, 0.25) is 5.02 Å². The molecule has 0 saturated carbocycles. The summed E-state index contributed by atoms with van der Waals surface area (Å²) in [6, 6.07) is 6.73. The van der Waals surface area contributed by atoms with Crippen LogP contribution in [0.1, 0.15) is 42.4 Å². The van der Waals surface area contributed by atoms with Gasteiger partial charge in [0.25, 0.3) is 5.91 Å². The maximum absolute atomic E-state index is 12.4. The van der Waals surface area contributed by atoms with Gasteiger partial charge in [0.1, 0.15) is 5.75 Å². The molecule has 0 spiro atoms. The monoisotopic (exact) mass is 442 g/mol. The molecule has 0 bridgehead atoms. The summed E-state index contributed by atoms with van der Waals surface area (Å²) in [6.45, 7) is 7.36. The number of halogens is 1. The Hall–Kier alpha value is -3.32. The zero-order valence-electron chi connectivity index (χ0n) is 18.0. The number of nitrogens with one attached hydrogen (secondary N) is 1. The number of aliphatic imine (C=N–C) groups is 1.